The second-order valence-corrected chi connectivity index (χ2v) is 7.56. The third-order valence-corrected chi connectivity index (χ3v) is 5.26. The summed E-state index contributed by atoms with van der Waals surface area (Å²) in [5.74, 6) is -5.02. The van der Waals surface area contributed by atoms with E-state index >= 15 is 0 Å². The fraction of sp³-hybridized carbons (Fsp3) is 0.0714. The Labute approximate surface area is 145 Å². The fourth-order valence-electron chi connectivity index (χ4n) is 1.98. The molecule has 0 heterocycles. The highest BCUT2D eigenvalue weighted by Crippen LogP contribution is 2.34. The Morgan fingerprint density at radius 3 is 2.33 bits per heavy atom. The summed E-state index contributed by atoms with van der Waals surface area (Å²) in [6.07, 6.45) is 0. The van der Waals surface area contributed by atoms with Gasteiger partial charge in [-0.1, -0.05) is 23.2 Å². The van der Waals surface area contributed by atoms with E-state index < -0.39 is 54.4 Å². The first-order valence-electron chi connectivity index (χ1n) is 6.18. The van der Waals surface area contributed by atoms with Crippen molar-refractivity contribution < 1.29 is 32.9 Å². The number of phenols is 2. The standard InChI is InChI=1S/C14H9Cl2FO6S/c15-7-1-6(13(19)8(2-7)14(20)21)5-24(22,23)12-3-9(16)10(17)4-11(12)18/h1-4,18-19H,5H2,(H,20,21). The van der Waals surface area contributed by atoms with E-state index in [2.05, 4.69) is 0 Å². The van der Waals surface area contributed by atoms with E-state index in [0.29, 0.717) is 6.07 Å². The van der Waals surface area contributed by atoms with Gasteiger partial charge >= 0.3 is 5.97 Å². The number of halogens is 3. The fourth-order valence-corrected chi connectivity index (χ4v) is 3.91. The van der Waals surface area contributed by atoms with Crippen LogP contribution in [0.4, 0.5) is 4.39 Å². The lowest BCUT2D eigenvalue weighted by molar-refractivity contribution is 0.0693. The van der Waals surface area contributed by atoms with Crippen molar-refractivity contribution in [1.82, 2.24) is 0 Å². The third kappa shape index (κ3) is 3.55. The van der Waals surface area contributed by atoms with Crippen LogP contribution in [0.1, 0.15) is 15.9 Å². The summed E-state index contributed by atoms with van der Waals surface area (Å²) < 4.78 is 38.0. The highest BCUT2D eigenvalue weighted by molar-refractivity contribution is 7.90. The maximum atomic E-state index is 13.2. The zero-order valence-corrected chi connectivity index (χ0v) is 14.0. The van der Waals surface area contributed by atoms with E-state index in [0.717, 1.165) is 18.2 Å². The lowest BCUT2D eigenvalue weighted by Gasteiger charge is -2.11. The molecule has 0 aromatic heterocycles. The van der Waals surface area contributed by atoms with Gasteiger partial charge in [-0.15, -0.1) is 0 Å². The lowest BCUT2D eigenvalue weighted by Crippen LogP contribution is -2.08. The minimum absolute atomic E-state index is 0.100. The van der Waals surface area contributed by atoms with Crippen LogP contribution in [0.2, 0.25) is 10.0 Å². The SMILES string of the molecule is O=C(O)c1cc(Cl)cc(CS(=O)(=O)c2cc(Cl)c(F)cc2O)c1O. The first-order chi connectivity index (χ1) is 11.0. The first-order valence-corrected chi connectivity index (χ1v) is 8.59. The molecule has 0 radical (unpaired) electrons. The molecule has 0 unspecified atom stereocenters. The van der Waals surface area contributed by atoms with Crippen LogP contribution < -0.4 is 0 Å². The normalized spacial score (nSPS) is 11.5. The number of rotatable bonds is 4. The molecule has 0 bridgehead atoms. The molecule has 24 heavy (non-hydrogen) atoms. The number of carboxylic acids is 1. The Hall–Kier alpha value is -2.03. The van der Waals surface area contributed by atoms with Crippen LogP contribution >= 0.6 is 23.2 Å². The molecule has 0 spiro atoms. The van der Waals surface area contributed by atoms with Crippen molar-refractivity contribution in [3.63, 3.8) is 0 Å². The molecule has 2 rings (SSSR count). The molecule has 10 heteroatoms. The number of phenolic OH excluding ortho intramolecular Hbond substituents is 1. The summed E-state index contributed by atoms with van der Waals surface area (Å²) in [6.45, 7) is 0. The number of benzene rings is 2. The second-order valence-electron chi connectivity index (χ2n) is 4.76. The van der Waals surface area contributed by atoms with Crippen LogP contribution in [0.25, 0.3) is 0 Å². The molecule has 0 amide bonds. The quantitative estimate of drug-likeness (QED) is 0.686. The molecule has 0 fully saturated rings. The summed E-state index contributed by atoms with van der Waals surface area (Å²) in [7, 11) is -4.28. The molecule has 0 atom stereocenters. The van der Waals surface area contributed by atoms with Crippen LogP contribution in [0.5, 0.6) is 11.5 Å². The minimum Gasteiger partial charge on any atom is -0.507 e. The molecule has 0 aliphatic carbocycles. The van der Waals surface area contributed by atoms with E-state index in [1.807, 2.05) is 0 Å². The van der Waals surface area contributed by atoms with Crippen molar-refractivity contribution in [3.8, 4) is 11.5 Å². The van der Waals surface area contributed by atoms with E-state index in [9.17, 15) is 27.8 Å². The minimum atomic E-state index is -4.28. The largest absolute Gasteiger partial charge is 0.507 e. The van der Waals surface area contributed by atoms with Crippen LogP contribution in [-0.4, -0.2) is 29.7 Å². The smallest absolute Gasteiger partial charge is 0.339 e. The van der Waals surface area contributed by atoms with Crippen molar-refractivity contribution >= 4 is 39.0 Å². The number of aromatic carboxylic acids is 1. The Bertz CT molecular complexity index is 943. The summed E-state index contributed by atoms with van der Waals surface area (Å²) in [5, 5.41) is 27.9. The highest BCUT2D eigenvalue weighted by atomic mass is 35.5. The summed E-state index contributed by atoms with van der Waals surface area (Å²) in [5.41, 5.74) is -0.867. The van der Waals surface area contributed by atoms with E-state index in [1.165, 1.54) is 0 Å². The van der Waals surface area contributed by atoms with Gasteiger partial charge in [0.25, 0.3) is 0 Å². The average molecular weight is 395 g/mol. The highest BCUT2D eigenvalue weighted by Gasteiger charge is 2.25. The maximum absolute atomic E-state index is 13.2. The van der Waals surface area contributed by atoms with Crippen molar-refractivity contribution in [2.75, 3.05) is 0 Å². The number of aromatic hydroxyl groups is 2. The Morgan fingerprint density at radius 2 is 1.75 bits per heavy atom. The Kier molecular flexibility index (Phi) is 4.93. The van der Waals surface area contributed by atoms with E-state index in [4.69, 9.17) is 28.3 Å². The molecule has 0 aliphatic heterocycles. The summed E-state index contributed by atoms with van der Waals surface area (Å²) in [4.78, 5) is 10.4. The zero-order chi connectivity index (χ0) is 18.2. The van der Waals surface area contributed by atoms with E-state index in [-0.39, 0.29) is 10.6 Å². The average Bonchev–Trinajstić information content (AvgIpc) is 2.45. The van der Waals surface area contributed by atoms with Gasteiger partial charge in [-0.25, -0.2) is 17.6 Å². The molecule has 3 N–H and O–H groups in total. The van der Waals surface area contributed by atoms with Crippen LogP contribution in [0, 0.1) is 5.82 Å². The van der Waals surface area contributed by atoms with Gasteiger partial charge in [-0.2, -0.15) is 0 Å². The molecule has 6 nitrogen and oxygen atoms in total. The Morgan fingerprint density at radius 1 is 1.12 bits per heavy atom. The van der Waals surface area contributed by atoms with Crippen LogP contribution in [0.3, 0.4) is 0 Å². The molecule has 0 aliphatic rings. The van der Waals surface area contributed by atoms with Gasteiger partial charge in [0.05, 0.1) is 10.8 Å². The van der Waals surface area contributed by atoms with Gasteiger partial charge in [-0.3, -0.25) is 0 Å². The first kappa shape index (κ1) is 18.3. The molecular formula is C14H9Cl2FO6S. The van der Waals surface area contributed by atoms with Crippen LogP contribution in [0.15, 0.2) is 29.2 Å². The predicted octanol–water partition coefficient (Wildman–Crippen LogP) is 3.22. The maximum Gasteiger partial charge on any atom is 0.339 e. The summed E-state index contributed by atoms with van der Waals surface area (Å²) in [6, 6.07) is 3.29. The van der Waals surface area contributed by atoms with Gasteiger partial charge in [0.1, 0.15) is 27.8 Å². The number of hydrogen-bond donors (Lipinski definition) is 3. The molecule has 128 valence electrons. The van der Waals surface area contributed by atoms with Crippen LogP contribution in [-0.2, 0) is 15.6 Å². The van der Waals surface area contributed by atoms with E-state index in [1.54, 1.807) is 0 Å². The molecule has 0 saturated heterocycles. The monoisotopic (exact) mass is 394 g/mol. The molecule has 2 aromatic carbocycles. The van der Waals surface area contributed by atoms with Gasteiger partial charge < -0.3 is 15.3 Å². The second kappa shape index (κ2) is 6.46. The topological polar surface area (TPSA) is 112 Å². The van der Waals surface area contributed by atoms with Crippen molar-refractivity contribution in [2.24, 2.45) is 0 Å². The number of carbonyl (C=O) groups is 1. The lowest BCUT2D eigenvalue weighted by atomic mass is 10.1. The van der Waals surface area contributed by atoms with Gasteiger partial charge in [0, 0.05) is 16.7 Å². The Balaban J connectivity index is 2.55. The third-order valence-electron chi connectivity index (χ3n) is 3.07. The number of carboxylic acid groups (broad SMARTS) is 1. The molecular weight excluding hydrogens is 386 g/mol. The molecule has 0 saturated carbocycles. The van der Waals surface area contributed by atoms with Crippen molar-refractivity contribution in [3.05, 3.63) is 51.3 Å². The van der Waals surface area contributed by atoms with Crippen molar-refractivity contribution in [1.29, 1.82) is 0 Å². The van der Waals surface area contributed by atoms with Gasteiger partial charge in [0.2, 0.25) is 0 Å². The van der Waals surface area contributed by atoms with Gasteiger partial charge in [-0.05, 0) is 18.2 Å². The number of sulfone groups is 1. The predicted molar refractivity (Wildman–Crippen MR) is 84.0 cm³/mol. The van der Waals surface area contributed by atoms with Gasteiger partial charge in [0.15, 0.2) is 9.84 Å². The number of hydrogen-bond acceptors (Lipinski definition) is 5. The summed E-state index contributed by atoms with van der Waals surface area (Å²) >= 11 is 11.2. The zero-order valence-electron chi connectivity index (χ0n) is 11.6. The molecule has 2 aromatic rings. The van der Waals surface area contributed by atoms with Crippen molar-refractivity contribution in [2.45, 2.75) is 10.6 Å².